The van der Waals surface area contributed by atoms with Gasteiger partial charge in [-0.2, -0.15) is 0 Å². The lowest BCUT2D eigenvalue weighted by atomic mass is 9.88. The molecule has 3 atom stereocenters. The van der Waals surface area contributed by atoms with Crippen molar-refractivity contribution in [3.8, 4) is 0 Å². The lowest BCUT2D eigenvalue weighted by Gasteiger charge is -2.25. The molecule has 2 heteroatoms. The minimum atomic E-state index is 0.0558. The van der Waals surface area contributed by atoms with E-state index in [0.717, 1.165) is 11.8 Å². The second-order valence-electron chi connectivity index (χ2n) is 4.25. The van der Waals surface area contributed by atoms with Crippen molar-refractivity contribution in [3.05, 3.63) is 12.5 Å². The van der Waals surface area contributed by atoms with E-state index in [1.165, 1.54) is 25.7 Å². The van der Waals surface area contributed by atoms with Crippen LogP contribution in [-0.4, -0.2) is 6.29 Å². The Kier molecular flexibility index (Phi) is 1.37. The molecule has 0 N–H and O–H groups in total. The Balaban J connectivity index is 1.70. The Labute approximate surface area is 72.5 Å². The molecule has 3 rings (SSSR count). The third-order valence-electron chi connectivity index (χ3n) is 3.62. The molecule has 3 aliphatic rings. The molecule has 0 radical (unpaired) electrons. The summed E-state index contributed by atoms with van der Waals surface area (Å²) in [5.41, 5.74) is 0. The van der Waals surface area contributed by atoms with Gasteiger partial charge in [-0.15, -0.1) is 0 Å². The molecule has 12 heavy (non-hydrogen) atoms. The number of hydrogen-bond acceptors (Lipinski definition) is 2. The van der Waals surface area contributed by atoms with E-state index >= 15 is 0 Å². The lowest BCUT2D eigenvalue weighted by Crippen LogP contribution is -2.26. The van der Waals surface area contributed by atoms with Crippen LogP contribution in [0.25, 0.3) is 0 Å². The van der Waals surface area contributed by atoms with E-state index in [4.69, 9.17) is 9.47 Å². The number of hydrogen-bond donors (Lipinski definition) is 0. The minimum absolute atomic E-state index is 0.0558. The van der Waals surface area contributed by atoms with Gasteiger partial charge in [0.1, 0.15) is 12.5 Å². The van der Waals surface area contributed by atoms with Gasteiger partial charge in [-0.1, -0.05) is 6.42 Å². The summed E-state index contributed by atoms with van der Waals surface area (Å²) in [6.45, 7) is 0. The third kappa shape index (κ3) is 0.869. The highest BCUT2D eigenvalue weighted by molar-refractivity contribution is 4.93. The molecule has 2 aliphatic carbocycles. The highest BCUT2D eigenvalue weighted by Crippen LogP contribution is 2.50. The summed E-state index contributed by atoms with van der Waals surface area (Å²) in [4.78, 5) is 0. The SMILES string of the molecule is C1=COC(C2CC3CCC2C3)O1. The van der Waals surface area contributed by atoms with Gasteiger partial charge in [-0.25, -0.2) is 0 Å². The molecule has 0 aromatic carbocycles. The fraction of sp³-hybridized carbons (Fsp3) is 0.800. The van der Waals surface area contributed by atoms with Crippen molar-refractivity contribution < 1.29 is 9.47 Å². The first kappa shape index (κ1) is 6.81. The molecule has 1 heterocycles. The molecule has 2 nitrogen and oxygen atoms in total. The smallest absolute Gasteiger partial charge is 0.242 e. The lowest BCUT2D eigenvalue weighted by molar-refractivity contribution is -0.0819. The van der Waals surface area contributed by atoms with Gasteiger partial charge in [-0.05, 0) is 31.1 Å². The summed E-state index contributed by atoms with van der Waals surface area (Å²) < 4.78 is 10.8. The van der Waals surface area contributed by atoms with E-state index in [-0.39, 0.29) is 6.29 Å². The van der Waals surface area contributed by atoms with Crippen molar-refractivity contribution in [2.24, 2.45) is 17.8 Å². The van der Waals surface area contributed by atoms with E-state index < -0.39 is 0 Å². The van der Waals surface area contributed by atoms with E-state index in [2.05, 4.69) is 0 Å². The highest BCUT2D eigenvalue weighted by Gasteiger charge is 2.45. The van der Waals surface area contributed by atoms with E-state index in [1.807, 2.05) is 0 Å². The maximum atomic E-state index is 5.39. The zero-order chi connectivity index (χ0) is 7.97. The van der Waals surface area contributed by atoms with Gasteiger partial charge >= 0.3 is 0 Å². The zero-order valence-corrected chi connectivity index (χ0v) is 7.11. The number of rotatable bonds is 1. The predicted molar refractivity (Wildman–Crippen MR) is 44.0 cm³/mol. The Morgan fingerprint density at radius 2 is 1.83 bits per heavy atom. The van der Waals surface area contributed by atoms with Gasteiger partial charge in [0.25, 0.3) is 0 Å². The van der Waals surface area contributed by atoms with Gasteiger partial charge in [0.05, 0.1) is 0 Å². The molecule has 2 saturated carbocycles. The number of fused-ring (bicyclic) bond motifs is 2. The average Bonchev–Trinajstić information content (AvgIpc) is 2.81. The van der Waals surface area contributed by atoms with Gasteiger partial charge < -0.3 is 9.47 Å². The maximum absolute atomic E-state index is 5.39. The van der Waals surface area contributed by atoms with E-state index in [9.17, 15) is 0 Å². The fourth-order valence-electron chi connectivity index (χ4n) is 3.08. The van der Waals surface area contributed by atoms with Crippen LogP contribution in [-0.2, 0) is 9.47 Å². The van der Waals surface area contributed by atoms with Crippen LogP contribution in [0.5, 0.6) is 0 Å². The first-order valence-electron chi connectivity index (χ1n) is 4.89. The van der Waals surface area contributed by atoms with Gasteiger partial charge in [0.2, 0.25) is 6.29 Å². The summed E-state index contributed by atoms with van der Waals surface area (Å²) in [6.07, 6.45) is 9.01. The monoisotopic (exact) mass is 166 g/mol. The van der Waals surface area contributed by atoms with E-state index in [1.54, 1.807) is 12.5 Å². The fourth-order valence-corrected chi connectivity index (χ4v) is 3.08. The van der Waals surface area contributed by atoms with Gasteiger partial charge in [-0.3, -0.25) is 0 Å². The first-order valence-corrected chi connectivity index (χ1v) is 4.89. The van der Waals surface area contributed by atoms with Crippen molar-refractivity contribution in [1.82, 2.24) is 0 Å². The van der Waals surface area contributed by atoms with Crippen LogP contribution in [0, 0.1) is 17.8 Å². The summed E-state index contributed by atoms with van der Waals surface area (Å²) in [5.74, 6) is 2.55. The Bertz CT molecular complexity index is 204. The van der Waals surface area contributed by atoms with Crippen LogP contribution in [0.4, 0.5) is 0 Å². The molecule has 0 spiro atoms. The summed E-state index contributed by atoms with van der Waals surface area (Å²) >= 11 is 0. The largest absolute Gasteiger partial charge is 0.459 e. The Morgan fingerprint density at radius 1 is 1.00 bits per heavy atom. The van der Waals surface area contributed by atoms with Crippen LogP contribution in [0.15, 0.2) is 12.5 Å². The molecule has 2 bridgehead atoms. The first-order chi connectivity index (χ1) is 5.93. The van der Waals surface area contributed by atoms with Crippen molar-refractivity contribution in [2.45, 2.75) is 32.0 Å². The van der Waals surface area contributed by atoms with Crippen LogP contribution in [0.2, 0.25) is 0 Å². The maximum Gasteiger partial charge on any atom is 0.242 e. The number of ether oxygens (including phenoxy) is 2. The minimum Gasteiger partial charge on any atom is -0.459 e. The molecule has 0 saturated heterocycles. The van der Waals surface area contributed by atoms with Crippen molar-refractivity contribution in [2.75, 3.05) is 0 Å². The van der Waals surface area contributed by atoms with Crippen LogP contribution < -0.4 is 0 Å². The topological polar surface area (TPSA) is 18.5 Å². The van der Waals surface area contributed by atoms with Crippen molar-refractivity contribution >= 4 is 0 Å². The predicted octanol–water partition coefficient (Wildman–Crippen LogP) is 2.27. The van der Waals surface area contributed by atoms with Gasteiger partial charge in [0.15, 0.2) is 0 Å². The Hall–Kier alpha value is -0.660. The molecular formula is C10H14O2. The second-order valence-corrected chi connectivity index (χ2v) is 4.25. The van der Waals surface area contributed by atoms with E-state index in [0.29, 0.717) is 5.92 Å². The molecule has 0 amide bonds. The molecule has 66 valence electrons. The Morgan fingerprint density at radius 3 is 2.42 bits per heavy atom. The standard InChI is InChI=1S/C10H14O2/c1-2-8-5-7(1)6-9(8)10-11-3-4-12-10/h3-4,7-10H,1-2,5-6H2. The molecule has 0 aromatic rings. The summed E-state index contributed by atoms with van der Waals surface area (Å²) in [5, 5.41) is 0. The van der Waals surface area contributed by atoms with Crippen LogP contribution in [0.3, 0.4) is 0 Å². The highest BCUT2D eigenvalue weighted by atomic mass is 16.7. The van der Waals surface area contributed by atoms with Gasteiger partial charge in [0, 0.05) is 5.92 Å². The molecule has 0 aromatic heterocycles. The zero-order valence-electron chi connectivity index (χ0n) is 7.11. The van der Waals surface area contributed by atoms with Crippen LogP contribution in [0.1, 0.15) is 25.7 Å². The van der Waals surface area contributed by atoms with Crippen molar-refractivity contribution in [1.29, 1.82) is 0 Å². The quantitative estimate of drug-likeness (QED) is 0.595. The molecule has 1 aliphatic heterocycles. The molecular weight excluding hydrogens is 152 g/mol. The van der Waals surface area contributed by atoms with Crippen molar-refractivity contribution in [3.63, 3.8) is 0 Å². The molecule has 3 unspecified atom stereocenters. The van der Waals surface area contributed by atoms with Crippen LogP contribution >= 0.6 is 0 Å². The third-order valence-corrected chi connectivity index (χ3v) is 3.62. The summed E-state index contributed by atoms with van der Waals surface area (Å²) in [7, 11) is 0. The second kappa shape index (κ2) is 2.41. The normalized spacial score (nSPS) is 44.8. The molecule has 2 fully saturated rings. The summed E-state index contributed by atoms with van der Waals surface area (Å²) in [6, 6.07) is 0. The average molecular weight is 166 g/mol.